The molecule has 0 unspecified atom stereocenters. The Morgan fingerprint density at radius 2 is 1.90 bits per heavy atom. The molecule has 0 spiro atoms. The molecule has 7 nitrogen and oxygen atoms in total. The van der Waals surface area contributed by atoms with Gasteiger partial charge in [0.15, 0.2) is 0 Å². The van der Waals surface area contributed by atoms with Gasteiger partial charge in [0.2, 0.25) is 5.91 Å². The molecule has 3 aromatic rings. The zero-order valence-corrected chi connectivity index (χ0v) is 16.8. The minimum atomic E-state index is -1.78. The Hall–Kier alpha value is -3.47. The molecule has 0 aromatic carbocycles. The van der Waals surface area contributed by atoms with Gasteiger partial charge in [-0.05, 0) is 42.3 Å². The lowest BCUT2D eigenvalue weighted by Gasteiger charge is -2.22. The van der Waals surface area contributed by atoms with Gasteiger partial charge in [0.1, 0.15) is 46.6 Å². The first-order valence-electron chi connectivity index (χ1n) is 9.63. The highest BCUT2D eigenvalue weighted by Crippen LogP contribution is 2.31. The van der Waals surface area contributed by atoms with Gasteiger partial charge in [-0.15, -0.1) is 0 Å². The monoisotopic (exact) mass is 403 g/mol. The summed E-state index contributed by atoms with van der Waals surface area (Å²) in [5.41, 5.74) is 1.18. The van der Waals surface area contributed by atoms with Crippen LogP contribution in [0.15, 0.2) is 36.8 Å². The maximum Gasteiger partial charge on any atom is 0.228 e. The first kappa shape index (κ1) is 20.8. The molecule has 4 rings (SSSR count). The second kappa shape index (κ2) is 8.34. The van der Waals surface area contributed by atoms with Crippen molar-refractivity contribution in [3.8, 4) is 17.6 Å². The summed E-state index contributed by atoms with van der Waals surface area (Å²) in [6, 6.07) is 5.08. The van der Waals surface area contributed by atoms with Crippen molar-refractivity contribution in [1.29, 1.82) is 0 Å². The highest BCUT2D eigenvalue weighted by Gasteiger charge is 2.29. The summed E-state index contributed by atoms with van der Waals surface area (Å²) < 4.78 is 5.13. The van der Waals surface area contributed by atoms with Crippen molar-refractivity contribution in [2.24, 2.45) is 5.92 Å². The number of nitrogens with zero attached hydrogens (tertiary/aromatic N) is 3. The maximum absolute atomic E-state index is 12.1. The zero-order chi connectivity index (χ0) is 22.0. The van der Waals surface area contributed by atoms with E-state index in [4.69, 9.17) is 28.3 Å². The van der Waals surface area contributed by atoms with Crippen LogP contribution in [0.25, 0.3) is 10.8 Å². The lowest BCUT2D eigenvalue weighted by atomic mass is 9.52. The number of amides is 1. The Labute approximate surface area is 184 Å². The normalized spacial score (nSPS) is 13.2. The van der Waals surface area contributed by atoms with Gasteiger partial charge in [-0.1, -0.05) is 5.92 Å². The molecule has 2 N–H and O–H groups in total. The van der Waals surface area contributed by atoms with Gasteiger partial charge in [0.25, 0.3) is 0 Å². The largest absolute Gasteiger partial charge is 0.514 e. The third-order valence-electron chi connectivity index (χ3n) is 4.56. The fourth-order valence-corrected chi connectivity index (χ4v) is 2.93. The van der Waals surface area contributed by atoms with Gasteiger partial charge in [0.05, 0.1) is 11.8 Å². The second-order valence-electron chi connectivity index (χ2n) is 7.23. The minimum absolute atomic E-state index is 0.00894. The number of carbonyl (C=O) groups is 1. The summed E-state index contributed by atoms with van der Waals surface area (Å²) in [5.74, 6) is 7.62. The smallest absolute Gasteiger partial charge is 0.228 e. The second-order valence-corrected chi connectivity index (χ2v) is 7.23. The van der Waals surface area contributed by atoms with Crippen LogP contribution in [0.3, 0.4) is 0 Å². The summed E-state index contributed by atoms with van der Waals surface area (Å²) in [7, 11) is 18.0. The molecule has 1 aliphatic carbocycles. The predicted molar refractivity (Wildman–Crippen MR) is 121 cm³/mol. The van der Waals surface area contributed by atoms with E-state index >= 15 is 0 Å². The molecule has 1 fully saturated rings. The first-order valence-corrected chi connectivity index (χ1v) is 9.63. The molecule has 3 heterocycles. The van der Waals surface area contributed by atoms with Crippen LogP contribution in [0.5, 0.6) is 5.75 Å². The van der Waals surface area contributed by atoms with E-state index < -0.39 is 5.30 Å². The standard InChI is InChI=1S/C21H16B3N5O2/c1-25-19-17-11-27-18(29-20(30)12-2-3-12)8-16(17)13(9-28-19)4-5-14-6-7-15(10-26-14)31-21(22,23)24/h6-12H,2-3H2,1H3,(H,25,28)(H,27,29,30). The molecule has 1 aliphatic rings. The number of rotatable bonds is 5. The van der Waals surface area contributed by atoms with Gasteiger partial charge in [-0.2, -0.15) is 0 Å². The molecule has 3 aromatic heterocycles. The summed E-state index contributed by atoms with van der Waals surface area (Å²) in [4.78, 5) is 25.1. The first-order chi connectivity index (χ1) is 14.8. The van der Waals surface area contributed by atoms with Gasteiger partial charge < -0.3 is 15.4 Å². The van der Waals surface area contributed by atoms with Crippen LogP contribution >= 0.6 is 0 Å². The highest BCUT2D eigenvalue weighted by atomic mass is 16.5. The van der Waals surface area contributed by atoms with E-state index in [2.05, 4.69) is 37.4 Å². The number of pyridine rings is 3. The van der Waals surface area contributed by atoms with Crippen LogP contribution in [0.1, 0.15) is 24.1 Å². The molecular formula is C21H16B3N5O2. The molecule has 6 radical (unpaired) electrons. The number of hydrogen-bond acceptors (Lipinski definition) is 6. The van der Waals surface area contributed by atoms with E-state index in [-0.39, 0.29) is 11.8 Å². The Kier molecular flexibility index (Phi) is 5.60. The van der Waals surface area contributed by atoms with Gasteiger partial charge >= 0.3 is 0 Å². The Bertz CT molecular complexity index is 1200. The Balaban J connectivity index is 1.64. The summed E-state index contributed by atoms with van der Waals surface area (Å²) in [5, 5.41) is 5.73. The molecule has 0 saturated heterocycles. The Morgan fingerprint density at radius 1 is 1.10 bits per heavy atom. The van der Waals surface area contributed by atoms with Crippen molar-refractivity contribution in [2.75, 3.05) is 17.7 Å². The number of fused-ring (bicyclic) bond motifs is 1. The van der Waals surface area contributed by atoms with Crippen LogP contribution in [0.4, 0.5) is 11.6 Å². The van der Waals surface area contributed by atoms with Crippen molar-refractivity contribution in [3.05, 3.63) is 48.0 Å². The number of carbonyl (C=O) groups excluding carboxylic acids is 1. The van der Waals surface area contributed by atoms with E-state index in [1.807, 2.05) is 0 Å². The Morgan fingerprint density at radius 3 is 2.55 bits per heavy atom. The number of aromatic nitrogens is 3. The van der Waals surface area contributed by atoms with E-state index in [0.29, 0.717) is 28.6 Å². The molecule has 0 atom stereocenters. The maximum atomic E-state index is 12.1. The topological polar surface area (TPSA) is 89.0 Å². The summed E-state index contributed by atoms with van der Waals surface area (Å²) in [6.07, 6.45) is 6.61. The van der Waals surface area contributed by atoms with Crippen molar-refractivity contribution < 1.29 is 9.53 Å². The fourth-order valence-electron chi connectivity index (χ4n) is 2.93. The highest BCUT2D eigenvalue weighted by molar-refractivity contribution is 6.58. The fraction of sp³-hybridized carbons (Fsp3) is 0.238. The SMILES string of the molecule is [B]C([B])([B])Oc1ccc(C#Cc2cnc(NC)c3cnc(NC(=O)C4CC4)cc23)nc1. The molecule has 31 heavy (non-hydrogen) atoms. The van der Waals surface area contributed by atoms with Crippen LogP contribution in [0.2, 0.25) is 0 Å². The van der Waals surface area contributed by atoms with E-state index in [0.717, 1.165) is 23.6 Å². The number of nitrogens with one attached hydrogen (secondary N) is 2. The molecule has 0 aliphatic heterocycles. The van der Waals surface area contributed by atoms with Crippen LogP contribution in [-0.2, 0) is 4.79 Å². The number of anilines is 2. The van der Waals surface area contributed by atoms with E-state index in [1.165, 1.54) is 6.20 Å². The third kappa shape index (κ3) is 5.18. The average molecular weight is 403 g/mol. The summed E-state index contributed by atoms with van der Waals surface area (Å²) >= 11 is 0. The van der Waals surface area contributed by atoms with Crippen LogP contribution in [0, 0.1) is 17.8 Å². The molecular weight excluding hydrogens is 387 g/mol. The van der Waals surface area contributed by atoms with Crippen molar-refractivity contribution >= 4 is 51.9 Å². The van der Waals surface area contributed by atoms with E-state index in [1.54, 1.807) is 37.6 Å². The lowest BCUT2D eigenvalue weighted by Crippen LogP contribution is -2.37. The van der Waals surface area contributed by atoms with Gasteiger partial charge in [-0.3, -0.25) is 4.79 Å². The molecule has 0 bridgehead atoms. The molecule has 1 amide bonds. The zero-order valence-electron chi connectivity index (χ0n) is 16.8. The van der Waals surface area contributed by atoms with Crippen LogP contribution < -0.4 is 15.4 Å². The van der Waals surface area contributed by atoms with Gasteiger partial charge in [0, 0.05) is 36.1 Å². The quantitative estimate of drug-likeness (QED) is 0.494. The third-order valence-corrected chi connectivity index (χ3v) is 4.56. The molecule has 1 saturated carbocycles. The number of ether oxygens (including phenoxy) is 1. The minimum Gasteiger partial charge on any atom is -0.514 e. The predicted octanol–water partition coefficient (Wildman–Crippen LogP) is 1.31. The van der Waals surface area contributed by atoms with Gasteiger partial charge in [-0.25, -0.2) is 15.0 Å². The summed E-state index contributed by atoms with van der Waals surface area (Å²) in [6.45, 7) is 0. The molecule has 10 heteroatoms. The van der Waals surface area contributed by atoms with Crippen LogP contribution in [-0.4, -0.2) is 56.7 Å². The van der Waals surface area contributed by atoms with Crippen molar-refractivity contribution in [2.45, 2.75) is 18.1 Å². The van der Waals surface area contributed by atoms with E-state index in [9.17, 15) is 4.79 Å². The number of hydrogen-bond donors (Lipinski definition) is 2. The lowest BCUT2D eigenvalue weighted by molar-refractivity contribution is -0.117. The molecule has 146 valence electrons. The van der Waals surface area contributed by atoms with Crippen molar-refractivity contribution in [3.63, 3.8) is 0 Å². The average Bonchev–Trinajstić information content (AvgIpc) is 3.57. The van der Waals surface area contributed by atoms with Crippen molar-refractivity contribution in [1.82, 2.24) is 15.0 Å².